The molecule has 0 fully saturated rings. The number of nitrogens with zero attached hydrogens (tertiary/aromatic N) is 3. The van der Waals surface area contributed by atoms with Crippen LogP contribution in [0.25, 0.3) is 21.9 Å². The second-order valence-electron chi connectivity index (χ2n) is 8.00. The van der Waals surface area contributed by atoms with E-state index >= 15 is 0 Å². The maximum atomic E-state index is 10.3. The summed E-state index contributed by atoms with van der Waals surface area (Å²) < 4.78 is 7.22. The van der Waals surface area contributed by atoms with Gasteiger partial charge in [-0.25, -0.2) is 4.98 Å². The Bertz CT molecular complexity index is 1180. The predicted molar refractivity (Wildman–Crippen MR) is 120 cm³/mol. The van der Waals surface area contributed by atoms with Gasteiger partial charge >= 0.3 is 0 Å². The average Bonchev–Trinajstić information content (AvgIpc) is 3.22. The zero-order valence-corrected chi connectivity index (χ0v) is 17.6. The van der Waals surface area contributed by atoms with Crippen molar-refractivity contribution >= 4 is 22.3 Å². The van der Waals surface area contributed by atoms with Crippen LogP contribution in [0.1, 0.15) is 26.8 Å². The van der Waals surface area contributed by atoms with Gasteiger partial charge in [-0.3, -0.25) is 4.68 Å². The summed E-state index contributed by atoms with van der Waals surface area (Å²) in [6.07, 6.45) is 5.66. The molecule has 2 heterocycles. The van der Waals surface area contributed by atoms with Gasteiger partial charge in [-0.15, -0.1) is 0 Å². The van der Waals surface area contributed by atoms with Gasteiger partial charge < -0.3 is 15.2 Å². The van der Waals surface area contributed by atoms with Crippen LogP contribution in [-0.4, -0.2) is 32.6 Å². The summed E-state index contributed by atoms with van der Waals surface area (Å²) in [5.74, 6) is 1.51. The molecule has 0 saturated heterocycles. The van der Waals surface area contributed by atoms with Crippen molar-refractivity contribution in [1.29, 1.82) is 0 Å². The molecule has 0 amide bonds. The molecule has 0 spiro atoms. The minimum Gasteiger partial charge on any atom is -0.495 e. The zero-order chi connectivity index (χ0) is 21.3. The third-order valence-corrected chi connectivity index (χ3v) is 5.45. The van der Waals surface area contributed by atoms with Crippen LogP contribution in [0.5, 0.6) is 5.75 Å². The molecule has 1 unspecified atom stereocenters. The lowest BCUT2D eigenvalue weighted by atomic mass is 10.0. The Morgan fingerprint density at radius 1 is 1.03 bits per heavy atom. The van der Waals surface area contributed by atoms with Crippen LogP contribution < -0.4 is 10.1 Å². The van der Waals surface area contributed by atoms with Crippen LogP contribution in [0.4, 0.5) is 11.5 Å². The Kier molecular flexibility index (Phi) is 5.18. The van der Waals surface area contributed by atoms with Crippen LogP contribution in [0.15, 0.2) is 67.1 Å². The van der Waals surface area contributed by atoms with E-state index < -0.39 is 5.60 Å². The monoisotopic (exact) mass is 402 g/mol. The number of ether oxygens (including phenoxy) is 1. The number of anilines is 2. The lowest BCUT2D eigenvalue weighted by molar-refractivity contribution is 0.0258. The average molecular weight is 402 g/mol. The van der Waals surface area contributed by atoms with Crippen molar-refractivity contribution in [2.45, 2.75) is 32.4 Å². The minimum atomic E-state index is -0.850. The first-order valence-electron chi connectivity index (χ1n) is 9.92. The number of nitrogens with one attached hydrogen (secondary N) is 1. The molecule has 0 radical (unpaired) electrons. The highest BCUT2D eigenvalue weighted by Crippen LogP contribution is 2.30. The number of fused-ring (bicyclic) bond motifs is 1. The normalized spacial score (nSPS) is 12.7. The summed E-state index contributed by atoms with van der Waals surface area (Å²) in [7, 11) is 1.65. The second-order valence-corrected chi connectivity index (χ2v) is 8.00. The fourth-order valence-electron chi connectivity index (χ4n) is 3.30. The molecule has 0 saturated carbocycles. The number of pyridine rings is 1. The lowest BCUT2D eigenvalue weighted by Gasteiger charge is -2.25. The molecule has 6 nitrogen and oxygen atoms in total. The maximum absolute atomic E-state index is 10.3. The van der Waals surface area contributed by atoms with Gasteiger partial charge in [0.15, 0.2) is 0 Å². The standard InChI is InChI=1S/C24H26N4O2/c1-16(24(2,3)29)28-15-20(14-26-28)17-9-10-18-13-25-23(12-19(18)11-17)27-21-7-5-6-8-22(21)30-4/h5-16,29H,1-4H3,(H,25,27). The van der Waals surface area contributed by atoms with Gasteiger partial charge in [0.25, 0.3) is 0 Å². The largest absolute Gasteiger partial charge is 0.495 e. The number of benzene rings is 2. The summed E-state index contributed by atoms with van der Waals surface area (Å²) in [4.78, 5) is 4.52. The summed E-state index contributed by atoms with van der Waals surface area (Å²) in [6, 6.07) is 15.9. The van der Waals surface area contributed by atoms with Crippen LogP contribution in [-0.2, 0) is 0 Å². The molecule has 6 heteroatoms. The van der Waals surface area contributed by atoms with Crippen LogP contribution >= 0.6 is 0 Å². The summed E-state index contributed by atoms with van der Waals surface area (Å²) in [5.41, 5.74) is 2.08. The molecule has 0 bridgehead atoms. The van der Waals surface area contributed by atoms with E-state index in [0.717, 1.165) is 39.2 Å². The fraction of sp³-hybridized carbons (Fsp3) is 0.250. The van der Waals surface area contributed by atoms with E-state index in [1.807, 2.05) is 55.8 Å². The molecule has 0 aliphatic rings. The number of para-hydroxylation sites is 2. The Balaban J connectivity index is 1.65. The molecule has 2 aromatic carbocycles. The van der Waals surface area contributed by atoms with Crippen molar-refractivity contribution < 1.29 is 9.84 Å². The molecule has 0 aliphatic heterocycles. The minimum absolute atomic E-state index is 0.132. The van der Waals surface area contributed by atoms with Crippen molar-refractivity contribution in [2.24, 2.45) is 0 Å². The predicted octanol–water partition coefficient (Wildman–Crippen LogP) is 5.18. The van der Waals surface area contributed by atoms with E-state index in [4.69, 9.17) is 4.74 Å². The first-order valence-corrected chi connectivity index (χ1v) is 9.92. The van der Waals surface area contributed by atoms with E-state index in [-0.39, 0.29) is 6.04 Å². The summed E-state index contributed by atoms with van der Waals surface area (Å²) in [5, 5.41) is 20.2. The van der Waals surface area contributed by atoms with Gasteiger partial charge in [-0.1, -0.05) is 24.3 Å². The van der Waals surface area contributed by atoms with Crippen LogP contribution in [0, 0.1) is 0 Å². The molecule has 154 valence electrons. The Hall–Kier alpha value is -3.38. The molecule has 30 heavy (non-hydrogen) atoms. The summed E-state index contributed by atoms with van der Waals surface area (Å²) >= 11 is 0. The Morgan fingerprint density at radius 2 is 1.83 bits per heavy atom. The molecule has 0 aliphatic carbocycles. The number of hydrogen-bond donors (Lipinski definition) is 2. The van der Waals surface area contributed by atoms with E-state index in [2.05, 4.69) is 33.6 Å². The SMILES string of the molecule is COc1ccccc1Nc1cc2cc(-c3cnn(C(C)C(C)(C)O)c3)ccc2cn1. The highest BCUT2D eigenvalue weighted by Gasteiger charge is 2.24. The van der Waals surface area contributed by atoms with Crippen molar-refractivity contribution in [3.63, 3.8) is 0 Å². The van der Waals surface area contributed by atoms with Crippen molar-refractivity contribution in [3.05, 3.63) is 67.1 Å². The fourth-order valence-corrected chi connectivity index (χ4v) is 3.30. The quantitative estimate of drug-likeness (QED) is 0.465. The molecule has 2 aromatic heterocycles. The summed E-state index contributed by atoms with van der Waals surface area (Å²) in [6.45, 7) is 5.54. The third kappa shape index (κ3) is 4.00. The topological polar surface area (TPSA) is 72.2 Å². The van der Waals surface area contributed by atoms with Crippen molar-refractivity contribution in [3.8, 4) is 16.9 Å². The smallest absolute Gasteiger partial charge is 0.142 e. The van der Waals surface area contributed by atoms with Gasteiger partial charge in [0, 0.05) is 23.3 Å². The van der Waals surface area contributed by atoms with Crippen molar-refractivity contribution in [1.82, 2.24) is 14.8 Å². The van der Waals surface area contributed by atoms with Gasteiger partial charge in [0.1, 0.15) is 11.6 Å². The third-order valence-electron chi connectivity index (χ3n) is 5.45. The van der Waals surface area contributed by atoms with E-state index in [1.54, 1.807) is 25.6 Å². The first-order chi connectivity index (χ1) is 14.3. The molecule has 4 aromatic rings. The van der Waals surface area contributed by atoms with Gasteiger partial charge in [-0.05, 0) is 56.0 Å². The molecule has 4 rings (SSSR count). The van der Waals surface area contributed by atoms with Crippen LogP contribution in [0.3, 0.4) is 0 Å². The number of aliphatic hydroxyl groups is 1. The van der Waals surface area contributed by atoms with E-state index in [9.17, 15) is 5.11 Å². The maximum Gasteiger partial charge on any atom is 0.142 e. The van der Waals surface area contributed by atoms with Gasteiger partial charge in [0.2, 0.25) is 0 Å². The van der Waals surface area contributed by atoms with Crippen molar-refractivity contribution in [2.75, 3.05) is 12.4 Å². The molecule has 2 N–H and O–H groups in total. The number of aromatic nitrogens is 3. The highest BCUT2D eigenvalue weighted by atomic mass is 16.5. The van der Waals surface area contributed by atoms with Gasteiger partial charge in [-0.2, -0.15) is 5.10 Å². The van der Waals surface area contributed by atoms with E-state index in [0.29, 0.717) is 0 Å². The second kappa shape index (κ2) is 7.80. The molecular weight excluding hydrogens is 376 g/mol. The number of hydrogen-bond acceptors (Lipinski definition) is 5. The number of methoxy groups -OCH3 is 1. The van der Waals surface area contributed by atoms with E-state index in [1.165, 1.54) is 0 Å². The number of rotatable bonds is 6. The highest BCUT2D eigenvalue weighted by molar-refractivity contribution is 5.89. The Morgan fingerprint density at radius 3 is 2.60 bits per heavy atom. The first kappa shape index (κ1) is 19.9. The van der Waals surface area contributed by atoms with Gasteiger partial charge in [0.05, 0.1) is 30.6 Å². The van der Waals surface area contributed by atoms with Crippen LogP contribution in [0.2, 0.25) is 0 Å². The molecule has 1 atom stereocenters. The Labute approximate surface area is 176 Å². The molecular formula is C24H26N4O2. The zero-order valence-electron chi connectivity index (χ0n) is 17.6. The lowest BCUT2D eigenvalue weighted by Crippen LogP contribution is -2.31.